The van der Waals surface area contributed by atoms with Crippen LogP contribution in [0.5, 0.6) is 11.5 Å². The summed E-state index contributed by atoms with van der Waals surface area (Å²) in [5.41, 5.74) is 4.64. The third-order valence-electron chi connectivity index (χ3n) is 4.94. The molecule has 2 heterocycles. The van der Waals surface area contributed by atoms with E-state index in [1.165, 1.54) is 5.57 Å². The Balaban J connectivity index is 1.76. The molecule has 0 spiro atoms. The van der Waals surface area contributed by atoms with E-state index in [4.69, 9.17) is 14.2 Å². The highest BCUT2D eigenvalue weighted by molar-refractivity contribution is 5.61. The van der Waals surface area contributed by atoms with Gasteiger partial charge in [0, 0.05) is 30.0 Å². The summed E-state index contributed by atoms with van der Waals surface area (Å²) in [5.74, 6) is 3.74. The van der Waals surface area contributed by atoms with E-state index in [0.717, 1.165) is 52.6 Å². The van der Waals surface area contributed by atoms with Crippen LogP contribution in [0.3, 0.4) is 0 Å². The lowest BCUT2D eigenvalue weighted by Crippen LogP contribution is -2.16. The summed E-state index contributed by atoms with van der Waals surface area (Å²) in [6, 6.07) is 4.32. The zero-order chi connectivity index (χ0) is 18.8. The molecule has 0 radical (unpaired) electrons. The maximum atomic E-state index is 6.36. The van der Waals surface area contributed by atoms with Crippen molar-refractivity contribution in [2.75, 3.05) is 7.11 Å². The Morgan fingerprint density at radius 1 is 1.07 bits per heavy atom. The summed E-state index contributed by atoms with van der Waals surface area (Å²) in [6.45, 7) is 4.17. The number of rotatable bonds is 3. The fraction of sp³-hybridized carbons (Fsp3) is 0.250. The molecule has 1 atom stereocenters. The molecule has 0 saturated carbocycles. The van der Waals surface area contributed by atoms with Crippen molar-refractivity contribution in [2.24, 2.45) is 5.92 Å². The number of methoxy groups -OCH3 is 1. The van der Waals surface area contributed by atoms with Gasteiger partial charge in [-0.1, -0.05) is 49.4 Å². The summed E-state index contributed by atoms with van der Waals surface area (Å²) >= 11 is 0. The molecule has 3 heteroatoms. The van der Waals surface area contributed by atoms with Gasteiger partial charge in [0.15, 0.2) is 11.5 Å². The lowest BCUT2D eigenvalue weighted by Gasteiger charge is -2.28. The number of ether oxygens (including phenoxy) is 3. The fourth-order valence-electron chi connectivity index (χ4n) is 3.62. The van der Waals surface area contributed by atoms with E-state index in [1.807, 2.05) is 19.1 Å². The van der Waals surface area contributed by atoms with Gasteiger partial charge in [0.25, 0.3) is 0 Å². The normalized spacial score (nSPS) is 20.9. The average Bonchev–Trinajstić information content (AvgIpc) is 2.85. The van der Waals surface area contributed by atoms with Gasteiger partial charge in [0.1, 0.15) is 11.5 Å². The van der Waals surface area contributed by atoms with E-state index < -0.39 is 0 Å². The van der Waals surface area contributed by atoms with Crippen molar-refractivity contribution in [2.45, 2.75) is 26.7 Å². The van der Waals surface area contributed by atoms with Gasteiger partial charge in [-0.25, -0.2) is 0 Å². The Labute approximate surface area is 160 Å². The van der Waals surface area contributed by atoms with Crippen LogP contribution in [-0.2, 0) is 17.6 Å². The van der Waals surface area contributed by atoms with Crippen LogP contribution in [-0.4, -0.2) is 7.11 Å². The Morgan fingerprint density at radius 3 is 2.63 bits per heavy atom. The highest BCUT2D eigenvalue weighted by atomic mass is 16.5. The van der Waals surface area contributed by atoms with Gasteiger partial charge in [-0.05, 0) is 30.1 Å². The minimum absolute atomic E-state index is 0.345. The summed E-state index contributed by atoms with van der Waals surface area (Å²) in [5, 5.41) is 0. The van der Waals surface area contributed by atoms with E-state index in [9.17, 15) is 0 Å². The second-order valence-electron chi connectivity index (χ2n) is 6.99. The van der Waals surface area contributed by atoms with Crippen molar-refractivity contribution in [3.05, 3.63) is 94.7 Å². The maximum absolute atomic E-state index is 6.36. The smallest absolute Gasteiger partial charge is 0.173 e. The third kappa shape index (κ3) is 3.37. The Hall–Kier alpha value is -2.94. The molecule has 0 N–H and O–H groups in total. The second-order valence-corrected chi connectivity index (χ2v) is 6.99. The Kier molecular flexibility index (Phi) is 4.76. The minimum atomic E-state index is 0.345. The summed E-state index contributed by atoms with van der Waals surface area (Å²) in [6.07, 6.45) is 17.9. The van der Waals surface area contributed by atoms with E-state index in [-0.39, 0.29) is 0 Å². The van der Waals surface area contributed by atoms with Gasteiger partial charge in [-0.15, -0.1) is 0 Å². The first-order valence-electron chi connectivity index (χ1n) is 9.34. The zero-order valence-corrected chi connectivity index (χ0v) is 16.0. The number of allylic oxidation sites excluding steroid dienone is 9. The van der Waals surface area contributed by atoms with Crippen LogP contribution in [0.15, 0.2) is 83.6 Å². The largest absolute Gasteiger partial charge is 0.504 e. The highest BCUT2D eigenvalue weighted by Gasteiger charge is 2.28. The molecule has 0 bridgehead atoms. The molecular formula is C24H24O3. The molecule has 1 unspecified atom stereocenters. The van der Waals surface area contributed by atoms with Gasteiger partial charge >= 0.3 is 0 Å². The predicted molar refractivity (Wildman–Crippen MR) is 108 cm³/mol. The van der Waals surface area contributed by atoms with Crippen molar-refractivity contribution in [3.8, 4) is 11.5 Å². The van der Waals surface area contributed by atoms with E-state index in [0.29, 0.717) is 5.92 Å². The van der Waals surface area contributed by atoms with Crippen molar-refractivity contribution in [1.82, 2.24) is 0 Å². The summed E-state index contributed by atoms with van der Waals surface area (Å²) in [7, 11) is 1.63. The van der Waals surface area contributed by atoms with Gasteiger partial charge < -0.3 is 14.2 Å². The maximum Gasteiger partial charge on any atom is 0.173 e. The lowest BCUT2D eigenvalue weighted by atomic mass is 9.93. The number of benzene rings is 1. The highest BCUT2D eigenvalue weighted by Crippen LogP contribution is 2.46. The number of hydrogen-bond acceptors (Lipinski definition) is 3. The predicted octanol–water partition coefficient (Wildman–Crippen LogP) is 5.56. The first-order valence-corrected chi connectivity index (χ1v) is 9.34. The first kappa shape index (κ1) is 17.5. The molecule has 4 rings (SSSR count). The molecule has 0 amide bonds. The monoisotopic (exact) mass is 360 g/mol. The van der Waals surface area contributed by atoms with Crippen molar-refractivity contribution in [3.63, 3.8) is 0 Å². The quantitative estimate of drug-likeness (QED) is 0.660. The molecule has 27 heavy (non-hydrogen) atoms. The average molecular weight is 360 g/mol. The van der Waals surface area contributed by atoms with E-state index in [2.05, 4.69) is 49.4 Å². The van der Waals surface area contributed by atoms with Crippen LogP contribution < -0.4 is 9.47 Å². The SMILES string of the molecule is C/C=C\C1=C(/C=C\OC)Oc2c(ccc3c2OC2=CC(C)C=CC=C2C3)C1. The summed E-state index contributed by atoms with van der Waals surface area (Å²) < 4.78 is 17.8. The van der Waals surface area contributed by atoms with Crippen LogP contribution >= 0.6 is 0 Å². The van der Waals surface area contributed by atoms with Crippen LogP contribution in [0.4, 0.5) is 0 Å². The van der Waals surface area contributed by atoms with Gasteiger partial charge in [0.05, 0.1) is 13.4 Å². The van der Waals surface area contributed by atoms with Crippen LogP contribution in [0.2, 0.25) is 0 Å². The molecule has 3 nitrogen and oxygen atoms in total. The van der Waals surface area contributed by atoms with Crippen LogP contribution in [0.25, 0.3) is 0 Å². The summed E-state index contributed by atoms with van der Waals surface area (Å²) in [4.78, 5) is 0. The van der Waals surface area contributed by atoms with Gasteiger partial charge in [-0.2, -0.15) is 0 Å². The molecular weight excluding hydrogens is 336 g/mol. The third-order valence-corrected chi connectivity index (χ3v) is 4.94. The number of fused-ring (bicyclic) bond motifs is 4. The van der Waals surface area contributed by atoms with Crippen LogP contribution in [0.1, 0.15) is 25.0 Å². The molecule has 0 saturated heterocycles. The molecule has 1 aliphatic carbocycles. The van der Waals surface area contributed by atoms with Gasteiger partial charge in [0.2, 0.25) is 0 Å². The van der Waals surface area contributed by atoms with Crippen molar-refractivity contribution in [1.29, 1.82) is 0 Å². The van der Waals surface area contributed by atoms with Gasteiger partial charge in [-0.3, -0.25) is 0 Å². The lowest BCUT2D eigenvalue weighted by molar-refractivity contribution is 0.329. The Bertz CT molecular complexity index is 939. The van der Waals surface area contributed by atoms with Crippen molar-refractivity contribution < 1.29 is 14.2 Å². The number of hydrogen-bond donors (Lipinski definition) is 0. The topological polar surface area (TPSA) is 27.7 Å². The fourth-order valence-corrected chi connectivity index (χ4v) is 3.62. The molecule has 1 aromatic carbocycles. The van der Waals surface area contributed by atoms with E-state index >= 15 is 0 Å². The molecule has 3 aliphatic rings. The standard InChI is InChI=1S/C24H24O3/c1-4-6-17-14-19-9-10-20-15-18-8-5-7-16(2)13-22(18)27-24(20)23(19)26-21(17)11-12-25-3/h4-13,16H,14-15H2,1-3H3/b6-4-,12-11-. The minimum Gasteiger partial charge on any atom is -0.504 e. The molecule has 2 aliphatic heterocycles. The van der Waals surface area contributed by atoms with Crippen molar-refractivity contribution >= 4 is 0 Å². The molecule has 1 aromatic rings. The molecule has 138 valence electrons. The first-order chi connectivity index (χ1) is 13.2. The van der Waals surface area contributed by atoms with Crippen LogP contribution in [0, 0.1) is 5.92 Å². The molecule has 0 aromatic heterocycles. The Morgan fingerprint density at radius 2 is 1.85 bits per heavy atom. The second kappa shape index (κ2) is 7.36. The molecule has 0 fully saturated rings. The zero-order valence-electron chi connectivity index (χ0n) is 16.0. The van der Waals surface area contributed by atoms with E-state index in [1.54, 1.807) is 13.4 Å².